The molecule has 1 aliphatic carbocycles. The zero-order valence-corrected chi connectivity index (χ0v) is 20.7. The second-order valence-electron chi connectivity index (χ2n) is 9.26. The summed E-state index contributed by atoms with van der Waals surface area (Å²) in [6, 6.07) is 18.8. The van der Waals surface area contributed by atoms with E-state index in [9.17, 15) is 9.70 Å². The van der Waals surface area contributed by atoms with Gasteiger partial charge >= 0.3 is 5.97 Å². The molecule has 3 aromatic carbocycles. The molecule has 4 rings (SSSR count). The number of hydrogen-bond acceptors (Lipinski definition) is 6. The molecule has 0 spiro atoms. The molecule has 1 saturated carbocycles. The van der Waals surface area contributed by atoms with Crippen molar-refractivity contribution in [1.82, 2.24) is 0 Å². The number of carbonyl (C=O) groups is 1. The molecule has 37 heavy (non-hydrogen) atoms. The van der Waals surface area contributed by atoms with E-state index in [1.54, 1.807) is 24.3 Å². The number of nitrogens with two attached hydrogens (primary N) is 1. The number of nitroso groups, excluding NO2 is 1. The summed E-state index contributed by atoms with van der Waals surface area (Å²) in [5.74, 6) is 0.0711. The van der Waals surface area contributed by atoms with Crippen molar-refractivity contribution in [3.8, 4) is 28.0 Å². The van der Waals surface area contributed by atoms with Crippen molar-refractivity contribution >= 4 is 5.97 Å². The maximum atomic E-state index is 15.2. The average molecular weight is 503 g/mol. The third kappa shape index (κ3) is 6.68. The van der Waals surface area contributed by atoms with E-state index < -0.39 is 5.97 Å². The maximum Gasteiger partial charge on any atom is 0.330 e. The highest BCUT2D eigenvalue weighted by Gasteiger charge is 2.20. The summed E-state index contributed by atoms with van der Waals surface area (Å²) in [5.41, 5.74) is 10.7. The van der Waals surface area contributed by atoms with Crippen molar-refractivity contribution in [2.24, 2.45) is 10.9 Å². The zero-order chi connectivity index (χ0) is 26.2. The van der Waals surface area contributed by atoms with Crippen molar-refractivity contribution in [2.45, 2.75) is 44.2 Å². The molecule has 0 saturated heterocycles. The summed E-state index contributed by atoms with van der Waals surface area (Å²) in [4.78, 5) is 22.0. The van der Waals surface area contributed by atoms with E-state index >= 15 is 4.39 Å². The lowest BCUT2D eigenvalue weighted by molar-refractivity contribution is -0.138. The van der Waals surface area contributed by atoms with Crippen LogP contribution in [0.5, 0.6) is 5.75 Å². The minimum absolute atomic E-state index is 0.0272. The molecule has 0 atom stereocenters. The predicted octanol–water partition coefficient (Wildman–Crippen LogP) is 6.52. The molecule has 0 aromatic heterocycles. The SMILES string of the molecule is C=CC(=O)OCCOc1cc(-c2ccc(-c3ccc(C4CCC(N)CC4)cc3)c(F)c2)ccc1CN=O. The molecule has 0 unspecified atom stereocenters. The van der Waals surface area contributed by atoms with Crippen LogP contribution in [0, 0.1) is 10.7 Å². The predicted molar refractivity (Wildman–Crippen MR) is 143 cm³/mol. The zero-order valence-electron chi connectivity index (χ0n) is 20.7. The summed E-state index contributed by atoms with van der Waals surface area (Å²) >= 11 is 0. The van der Waals surface area contributed by atoms with Gasteiger partial charge in [0.15, 0.2) is 0 Å². The fourth-order valence-corrected chi connectivity index (χ4v) is 4.74. The minimum Gasteiger partial charge on any atom is -0.490 e. The highest BCUT2D eigenvalue weighted by atomic mass is 19.1. The largest absolute Gasteiger partial charge is 0.490 e. The molecule has 0 heterocycles. The van der Waals surface area contributed by atoms with Crippen LogP contribution in [-0.4, -0.2) is 25.2 Å². The van der Waals surface area contributed by atoms with Gasteiger partial charge in [-0.2, -0.15) is 4.91 Å². The fourth-order valence-electron chi connectivity index (χ4n) is 4.74. The molecule has 0 bridgehead atoms. The molecule has 2 N–H and O–H groups in total. The first-order valence-corrected chi connectivity index (χ1v) is 12.5. The van der Waals surface area contributed by atoms with E-state index in [1.807, 2.05) is 18.2 Å². The molecule has 1 aliphatic rings. The molecule has 7 heteroatoms. The highest BCUT2D eigenvalue weighted by molar-refractivity contribution is 5.81. The summed E-state index contributed by atoms with van der Waals surface area (Å²) in [5, 5.41) is 2.94. The Morgan fingerprint density at radius 3 is 2.32 bits per heavy atom. The Labute approximate surface area is 216 Å². The van der Waals surface area contributed by atoms with E-state index in [1.165, 1.54) is 11.6 Å². The number of benzene rings is 3. The van der Waals surface area contributed by atoms with Crippen LogP contribution in [0.2, 0.25) is 0 Å². The van der Waals surface area contributed by atoms with Crippen LogP contribution in [0.4, 0.5) is 4.39 Å². The van der Waals surface area contributed by atoms with Gasteiger partial charge in [-0.1, -0.05) is 60.3 Å². The van der Waals surface area contributed by atoms with Crippen LogP contribution in [0.15, 0.2) is 78.5 Å². The van der Waals surface area contributed by atoms with Gasteiger partial charge in [0.05, 0.1) is 0 Å². The normalized spacial score (nSPS) is 17.1. The second kappa shape index (κ2) is 12.4. The van der Waals surface area contributed by atoms with Crippen molar-refractivity contribution < 1.29 is 18.7 Å². The van der Waals surface area contributed by atoms with E-state index in [4.69, 9.17) is 15.2 Å². The number of carbonyl (C=O) groups excluding carboxylic acids is 1. The van der Waals surface area contributed by atoms with Crippen LogP contribution >= 0.6 is 0 Å². The molecule has 1 fully saturated rings. The Morgan fingerprint density at radius 2 is 1.65 bits per heavy atom. The Hall–Kier alpha value is -3.84. The molecule has 0 aliphatic heterocycles. The van der Waals surface area contributed by atoms with Crippen LogP contribution in [0.1, 0.15) is 42.7 Å². The lowest BCUT2D eigenvalue weighted by Gasteiger charge is -2.26. The van der Waals surface area contributed by atoms with E-state index in [0.29, 0.717) is 34.4 Å². The van der Waals surface area contributed by atoms with Crippen LogP contribution < -0.4 is 10.5 Å². The Balaban J connectivity index is 1.50. The van der Waals surface area contributed by atoms with Crippen LogP contribution in [-0.2, 0) is 16.1 Å². The van der Waals surface area contributed by atoms with Gasteiger partial charge in [-0.05, 0) is 66.0 Å². The molecule has 6 nitrogen and oxygen atoms in total. The first-order chi connectivity index (χ1) is 18.0. The van der Waals surface area contributed by atoms with E-state index in [0.717, 1.165) is 42.9 Å². The third-order valence-electron chi connectivity index (χ3n) is 6.82. The second-order valence-corrected chi connectivity index (χ2v) is 9.26. The number of ether oxygens (including phenoxy) is 2. The molecule has 3 aromatic rings. The fraction of sp³-hybridized carbons (Fsp3) is 0.300. The molecule has 0 radical (unpaired) electrons. The van der Waals surface area contributed by atoms with E-state index in [2.05, 4.69) is 23.9 Å². The number of hydrogen-bond donors (Lipinski definition) is 1. The third-order valence-corrected chi connectivity index (χ3v) is 6.82. The topological polar surface area (TPSA) is 91.0 Å². The number of rotatable bonds is 10. The van der Waals surface area contributed by atoms with E-state index in [-0.39, 0.29) is 25.6 Å². The van der Waals surface area contributed by atoms with Crippen molar-refractivity contribution in [3.63, 3.8) is 0 Å². The van der Waals surface area contributed by atoms with Crippen molar-refractivity contribution in [1.29, 1.82) is 0 Å². The average Bonchev–Trinajstić information content (AvgIpc) is 2.92. The Morgan fingerprint density at radius 1 is 0.973 bits per heavy atom. The molecule has 0 amide bonds. The van der Waals surface area contributed by atoms with Gasteiger partial charge in [-0.25, -0.2) is 9.18 Å². The van der Waals surface area contributed by atoms with Crippen molar-refractivity contribution in [3.05, 3.63) is 95.2 Å². The lowest BCUT2D eigenvalue weighted by Crippen LogP contribution is -2.25. The van der Waals surface area contributed by atoms with Gasteiger partial charge in [-0.15, -0.1) is 0 Å². The van der Waals surface area contributed by atoms with Crippen LogP contribution in [0.25, 0.3) is 22.3 Å². The number of esters is 1. The summed E-state index contributed by atoms with van der Waals surface area (Å²) in [6.45, 7) is 3.39. The molecular weight excluding hydrogens is 471 g/mol. The molecule has 192 valence electrons. The first kappa shape index (κ1) is 26.2. The van der Waals surface area contributed by atoms with Gasteiger partial charge in [0.2, 0.25) is 0 Å². The van der Waals surface area contributed by atoms with Gasteiger partial charge in [-0.3, -0.25) is 0 Å². The van der Waals surface area contributed by atoms with Gasteiger partial charge in [0.25, 0.3) is 0 Å². The minimum atomic E-state index is -0.545. The van der Waals surface area contributed by atoms with Gasteiger partial charge in [0.1, 0.15) is 31.3 Å². The first-order valence-electron chi connectivity index (χ1n) is 12.5. The summed E-state index contributed by atoms with van der Waals surface area (Å²) in [6.07, 6.45) is 5.35. The Kier molecular flexibility index (Phi) is 8.80. The van der Waals surface area contributed by atoms with Crippen LogP contribution in [0.3, 0.4) is 0 Å². The lowest BCUT2D eigenvalue weighted by atomic mass is 9.82. The monoisotopic (exact) mass is 502 g/mol. The van der Waals surface area contributed by atoms with Gasteiger partial charge < -0.3 is 15.2 Å². The standard InChI is InChI=1S/C30H31FN2O4/c1-2-30(34)37-16-15-36-29-18-24(7-8-25(29)19-33-35)23-11-14-27(28(31)17-23)22-5-3-20(4-6-22)21-9-12-26(32)13-10-21/h2-8,11,14,17-18,21,26H,1,9-10,12-13,15-16,19,32H2. The quantitative estimate of drug-likeness (QED) is 0.148. The number of nitrogens with zero attached hydrogens (tertiary/aromatic N) is 1. The Bertz CT molecular complexity index is 1250. The smallest absolute Gasteiger partial charge is 0.330 e. The molecular formula is C30H31FN2O4. The number of halogens is 1. The van der Waals surface area contributed by atoms with Crippen molar-refractivity contribution in [2.75, 3.05) is 13.2 Å². The summed E-state index contributed by atoms with van der Waals surface area (Å²) in [7, 11) is 0. The highest BCUT2D eigenvalue weighted by Crippen LogP contribution is 2.35. The maximum absolute atomic E-state index is 15.2. The summed E-state index contributed by atoms with van der Waals surface area (Å²) < 4.78 is 25.9. The van der Waals surface area contributed by atoms with Gasteiger partial charge in [0, 0.05) is 23.2 Å².